The Labute approximate surface area is 164 Å². The van der Waals surface area contributed by atoms with E-state index in [1.54, 1.807) is 0 Å². The Hall–Kier alpha value is -1.90. The van der Waals surface area contributed by atoms with Crippen LogP contribution in [0.5, 0.6) is 0 Å². The lowest BCUT2D eigenvalue weighted by Gasteiger charge is -2.08. The Balaban J connectivity index is 2.45. The highest BCUT2D eigenvalue weighted by Gasteiger charge is 2.11. The van der Waals surface area contributed by atoms with Crippen LogP contribution < -0.4 is 0 Å². The molecule has 1 rings (SSSR count). The molecule has 0 aliphatic carbocycles. The van der Waals surface area contributed by atoms with Gasteiger partial charge in [0.2, 0.25) is 0 Å². The van der Waals surface area contributed by atoms with E-state index in [-0.39, 0.29) is 12.2 Å². The number of hydrogen-bond donors (Lipinski definition) is 1. The maximum absolute atomic E-state index is 12.7. The van der Waals surface area contributed by atoms with Gasteiger partial charge in [0, 0.05) is 18.4 Å². The summed E-state index contributed by atoms with van der Waals surface area (Å²) >= 11 is 0. The summed E-state index contributed by atoms with van der Waals surface area (Å²) in [6, 6.07) is 9.96. The van der Waals surface area contributed by atoms with Crippen LogP contribution in [-0.2, 0) is 9.59 Å². The number of hydrogen-bond acceptors (Lipinski definition) is 2. The standard InChI is InChI=1S/C24H36O3/c1-2-3-4-5-6-7-13-18-22(21-16-11-10-12-17-21)23(25)19-14-8-9-15-20-24(26)27/h10-12,16-18H,2-9,13-15,19-20H2,1H3,(H,26,27)/b22-18-. The van der Waals surface area contributed by atoms with Crippen molar-refractivity contribution in [2.75, 3.05) is 0 Å². The molecule has 0 saturated heterocycles. The van der Waals surface area contributed by atoms with Crippen LogP contribution in [0.4, 0.5) is 0 Å². The van der Waals surface area contributed by atoms with Gasteiger partial charge in [-0.25, -0.2) is 0 Å². The maximum Gasteiger partial charge on any atom is 0.303 e. The molecule has 27 heavy (non-hydrogen) atoms. The summed E-state index contributed by atoms with van der Waals surface area (Å²) in [5.41, 5.74) is 1.87. The zero-order chi connectivity index (χ0) is 19.7. The maximum atomic E-state index is 12.7. The van der Waals surface area contributed by atoms with Gasteiger partial charge in [-0.2, -0.15) is 0 Å². The third kappa shape index (κ3) is 11.4. The average Bonchev–Trinajstić information content (AvgIpc) is 2.67. The Morgan fingerprint density at radius 3 is 2.07 bits per heavy atom. The lowest BCUT2D eigenvalue weighted by molar-refractivity contribution is -0.137. The first-order valence-corrected chi connectivity index (χ1v) is 10.7. The quantitative estimate of drug-likeness (QED) is 0.256. The fraction of sp³-hybridized carbons (Fsp3) is 0.583. The normalized spacial score (nSPS) is 11.5. The van der Waals surface area contributed by atoms with Gasteiger partial charge < -0.3 is 5.11 Å². The minimum Gasteiger partial charge on any atom is -0.481 e. The number of benzene rings is 1. The van der Waals surface area contributed by atoms with E-state index in [4.69, 9.17) is 5.11 Å². The number of carbonyl (C=O) groups excluding carboxylic acids is 1. The van der Waals surface area contributed by atoms with Crippen molar-refractivity contribution < 1.29 is 14.7 Å². The largest absolute Gasteiger partial charge is 0.481 e. The van der Waals surface area contributed by atoms with Gasteiger partial charge in [0.25, 0.3) is 0 Å². The van der Waals surface area contributed by atoms with E-state index < -0.39 is 5.97 Å². The summed E-state index contributed by atoms with van der Waals surface area (Å²) in [6.07, 6.45) is 14.7. The molecule has 0 unspecified atom stereocenters. The number of ketones is 1. The van der Waals surface area contributed by atoms with Gasteiger partial charge in [-0.1, -0.05) is 88.3 Å². The molecular weight excluding hydrogens is 336 g/mol. The van der Waals surface area contributed by atoms with Crippen LogP contribution in [-0.4, -0.2) is 16.9 Å². The molecule has 0 heterocycles. The van der Waals surface area contributed by atoms with Crippen LogP contribution in [0.1, 0.15) is 96.0 Å². The number of rotatable bonds is 16. The van der Waals surface area contributed by atoms with Crippen molar-refractivity contribution >= 4 is 17.3 Å². The van der Waals surface area contributed by atoms with Gasteiger partial charge >= 0.3 is 5.97 Å². The molecule has 0 spiro atoms. The number of carbonyl (C=O) groups is 2. The highest BCUT2D eigenvalue weighted by molar-refractivity contribution is 6.20. The average molecular weight is 373 g/mol. The van der Waals surface area contributed by atoms with Crippen LogP contribution in [0.15, 0.2) is 36.4 Å². The SMILES string of the molecule is CCCCCCCC/C=C(\C(=O)CCCCCCC(=O)O)c1ccccc1. The Bertz CT molecular complexity index is 560. The minimum absolute atomic E-state index is 0.213. The van der Waals surface area contributed by atoms with Gasteiger partial charge in [-0.05, 0) is 31.2 Å². The molecule has 0 fully saturated rings. The molecule has 0 saturated carbocycles. The summed E-state index contributed by atoms with van der Waals surface area (Å²) in [6.45, 7) is 2.23. The van der Waals surface area contributed by atoms with Gasteiger partial charge in [0.15, 0.2) is 5.78 Å². The number of carboxylic acids is 1. The molecule has 0 atom stereocenters. The molecule has 0 aliphatic heterocycles. The molecule has 0 bridgehead atoms. The van der Waals surface area contributed by atoms with Crippen molar-refractivity contribution in [2.24, 2.45) is 0 Å². The third-order valence-electron chi connectivity index (χ3n) is 4.84. The molecule has 0 amide bonds. The molecular formula is C24H36O3. The molecule has 3 nitrogen and oxygen atoms in total. The number of unbranched alkanes of at least 4 members (excludes halogenated alkanes) is 9. The number of allylic oxidation sites excluding steroid dienone is 2. The van der Waals surface area contributed by atoms with Crippen LogP contribution in [0.25, 0.3) is 5.57 Å². The molecule has 150 valence electrons. The monoisotopic (exact) mass is 372 g/mol. The van der Waals surface area contributed by atoms with E-state index in [1.165, 1.54) is 32.1 Å². The highest BCUT2D eigenvalue weighted by atomic mass is 16.4. The number of Topliss-reactive ketones (excluding diaryl/α,β-unsaturated/α-hetero) is 1. The Morgan fingerprint density at radius 1 is 0.815 bits per heavy atom. The van der Waals surface area contributed by atoms with E-state index in [0.717, 1.165) is 43.2 Å². The fourth-order valence-electron chi connectivity index (χ4n) is 3.23. The van der Waals surface area contributed by atoms with Crippen molar-refractivity contribution in [2.45, 2.75) is 90.4 Å². The summed E-state index contributed by atoms with van der Waals surface area (Å²) in [5, 5.41) is 8.66. The van der Waals surface area contributed by atoms with E-state index in [2.05, 4.69) is 13.0 Å². The second kappa shape index (κ2) is 15.2. The van der Waals surface area contributed by atoms with Crippen molar-refractivity contribution in [3.63, 3.8) is 0 Å². The smallest absolute Gasteiger partial charge is 0.303 e. The molecule has 1 aromatic carbocycles. The molecule has 3 heteroatoms. The minimum atomic E-state index is -0.741. The molecule has 0 aliphatic rings. The molecule has 1 aromatic rings. The van der Waals surface area contributed by atoms with Gasteiger partial charge in [-0.3, -0.25) is 9.59 Å². The van der Waals surface area contributed by atoms with Gasteiger partial charge in [0.05, 0.1) is 0 Å². The van der Waals surface area contributed by atoms with Gasteiger partial charge in [-0.15, -0.1) is 0 Å². The zero-order valence-electron chi connectivity index (χ0n) is 16.9. The third-order valence-corrected chi connectivity index (χ3v) is 4.84. The number of aliphatic carboxylic acids is 1. The first-order valence-electron chi connectivity index (χ1n) is 10.7. The lowest BCUT2D eigenvalue weighted by atomic mass is 9.96. The summed E-state index contributed by atoms with van der Waals surface area (Å²) in [5.74, 6) is -0.527. The summed E-state index contributed by atoms with van der Waals surface area (Å²) in [7, 11) is 0. The fourth-order valence-corrected chi connectivity index (χ4v) is 3.23. The summed E-state index contributed by atoms with van der Waals surface area (Å²) in [4.78, 5) is 23.3. The summed E-state index contributed by atoms with van der Waals surface area (Å²) < 4.78 is 0. The van der Waals surface area contributed by atoms with Crippen molar-refractivity contribution in [3.05, 3.63) is 42.0 Å². The van der Waals surface area contributed by atoms with Crippen LogP contribution >= 0.6 is 0 Å². The van der Waals surface area contributed by atoms with E-state index in [0.29, 0.717) is 12.8 Å². The predicted molar refractivity (Wildman–Crippen MR) is 113 cm³/mol. The predicted octanol–water partition coefficient (Wildman–Crippen LogP) is 6.81. The Morgan fingerprint density at radius 2 is 1.41 bits per heavy atom. The van der Waals surface area contributed by atoms with Crippen molar-refractivity contribution in [1.82, 2.24) is 0 Å². The molecule has 1 N–H and O–H groups in total. The molecule has 0 radical (unpaired) electrons. The van der Waals surface area contributed by atoms with Crippen molar-refractivity contribution in [1.29, 1.82) is 0 Å². The Kier molecular flexibility index (Phi) is 13.0. The van der Waals surface area contributed by atoms with Crippen LogP contribution in [0.3, 0.4) is 0 Å². The molecule has 0 aromatic heterocycles. The first kappa shape index (κ1) is 23.1. The van der Waals surface area contributed by atoms with E-state index in [9.17, 15) is 9.59 Å². The highest BCUT2D eigenvalue weighted by Crippen LogP contribution is 2.20. The van der Waals surface area contributed by atoms with Crippen LogP contribution in [0.2, 0.25) is 0 Å². The van der Waals surface area contributed by atoms with Crippen LogP contribution in [0, 0.1) is 0 Å². The zero-order valence-corrected chi connectivity index (χ0v) is 16.9. The van der Waals surface area contributed by atoms with Gasteiger partial charge in [0.1, 0.15) is 0 Å². The van der Waals surface area contributed by atoms with E-state index >= 15 is 0 Å². The van der Waals surface area contributed by atoms with E-state index in [1.807, 2.05) is 30.3 Å². The number of carboxylic acid groups (broad SMARTS) is 1. The lowest BCUT2D eigenvalue weighted by Crippen LogP contribution is -2.02. The topological polar surface area (TPSA) is 54.4 Å². The first-order chi connectivity index (χ1) is 13.1. The van der Waals surface area contributed by atoms with Crippen molar-refractivity contribution in [3.8, 4) is 0 Å². The second-order valence-electron chi connectivity index (χ2n) is 7.27. The second-order valence-corrected chi connectivity index (χ2v) is 7.27.